The Morgan fingerprint density at radius 3 is 1.95 bits per heavy atom. The summed E-state index contributed by atoms with van der Waals surface area (Å²) in [5.41, 5.74) is 0.605. The predicted octanol–water partition coefficient (Wildman–Crippen LogP) is 0.964. The number of nitrogens with one attached hydrogen (secondary N) is 1. The number of anilines is 1. The molecule has 94 valence electrons. The van der Waals surface area contributed by atoms with E-state index < -0.39 is 0 Å². The maximum atomic E-state index is 9.26. The summed E-state index contributed by atoms with van der Waals surface area (Å²) >= 11 is 0. The minimum atomic E-state index is 0.0580. The SMILES string of the molecule is CN=C1C(C#N)=C(C#N)c2c(C#N)c(C#N)c(NC)n21. The van der Waals surface area contributed by atoms with Crippen LogP contribution in [0, 0.1) is 45.3 Å². The zero-order chi connectivity index (χ0) is 14.9. The van der Waals surface area contributed by atoms with Gasteiger partial charge in [-0.05, 0) is 0 Å². The summed E-state index contributed by atoms with van der Waals surface area (Å²) < 4.78 is 1.47. The number of nitrogens with zero attached hydrogens (tertiary/aromatic N) is 6. The van der Waals surface area contributed by atoms with E-state index in [1.54, 1.807) is 7.05 Å². The van der Waals surface area contributed by atoms with Gasteiger partial charge in [0.1, 0.15) is 41.2 Å². The van der Waals surface area contributed by atoms with Crippen molar-refractivity contribution in [3.05, 3.63) is 22.4 Å². The fourth-order valence-corrected chi connectivity index (χ4v) is 2.24. The highest BCUT2D eigenvalue weighted by Crippen LogP contribution is 2.38. The van der Waals surface area contributed by atoms with Crippen LogP contribution in [0.1, 0.15) is 16.8 Å². The second-order valence-electron chi connectivity index (χ2n) is 3.78. The molecule has 0 amide bonds. The molecule has 0 aromatic carbocycles. The summed E-state index contributed by atoms with van der Waals surface area (Å²) in [6, 6.07) is 7.70. The molecule has 1 aromatic rings. The molecule has 7 nitrogen and oxygen atoms in total. The van der Waals surface area contributed by atoms with Gasteiger partial charge in [-0.15, -0.1) is 0 Å². The van der Waals surface area contributed by atoms with Crippen LogP contribution in [0.3, 0.4) is 0 Å². The van der Waals surface area contributed by atoms with E-state index in [9.17, 15) is 21.0 Å². The summed E-state index contributed by atoms with van der Waals surface area (Å²) in [5.74, 6) is 0.596. The standard InChI is InChI=1S/C13H7N7/c1-18-12-9(5-16)7(3-14)11-8(4-15)10(6-17)13(19-2)20(11)12/h18H,1-2H3. The Bertz CT molecular complexity index is 838. The molecule has 2 heterocycles. The first-order valence-corrected chi connectivity index (χ1v) is 5.49. The van der Waals surface area contributed by atoms with E-state index in [0.717, 1.165) is 0 Å². The molecule has 1 N–H and O–H groups in total. The summed E-state index contributed by atoms with van der Waals surface area (Å²) in [5, 5.41) is 39.7. The predicted molar refractivity (Wildman–Crippen MR) is 70.3 cm³/mol. The van der Waals surface area contributed by atoms with Crippen LogP contribution in [0.2, 0.25) is 0 Å². The van der Waals surface area contributed by atoms with Crippen molar-refractivity contribution in [1.82, 2.24) is 4.57 Å². The molecule has 0 saturated heterocycles. The van der Waals surface area contributed by atoms with Crippen molar-refractivity contribution in [1.29, 1.82) is 21.0 Å². The molecule has 0 bridgehead atoms. The van der Waals surface area contributed by atoms with Gasteiger partial charge in [0, 0.05) is 14.1 Å². The fraction of sp³-hybridized carbons (Fsp3) is 0.154. The van der Waals surface area contributed by atoms with Crippen LogP contribution >= 0.6 is 0 Å². The van der Waals surface area contributed by atoms with Gasteiger partial charge in [0.15, 0.2) is 5.84 Å². The lowest BCUT2D eigenvalue weighted by Crippen LogP contribution is -2.13. The fourth-order valence-electron chi connectivity index (χ4n) is 2.24. The van der Waals surface area contributed by atoms with Gasteiger partial charge in [-0.3, -0.25) is 9.56 Å². The molecule has 2 rings (SSSR count). The van der Waals surface area contributed by atoms with Crippen LogP contribution in [0.25, 0.3) is 5.57 Å². The number of allylic oxidation sites excluding steroid dienone is 2. The maximum absolute atomic E-state index is 9.26. The normalized spacial score (nSPS) is 14.2. The maximum Gasteiger partial charge on any atom is 0.153 e. The van der Waals surface area contributed by atoms with Crippen LogP contribution in [0.15, 0.2) is 10.6 Å². The number of nitriles is 4. The Morgan fingerprint density at radius 2 is 1.55 bits per heavy atom. The van der Waals surface area contributed by atoms with Gasteiger partial charge in [0.2, 0.25) is 0 Å². The van der Waals surface area contributed by atoms with E-state index in [1.165, 1.54) is 11.6 Å². The second-order valence-corrected chi connectivity index (χ2v) is 3.78. The van der Waals surface area contributed by atoms with Crippen molar-refractivity contribution in [3.8, 4) is 24.3 Å². The van der Waals surface area contributed by atoms with Crippen LogP contribution in [-0.4, -0.2) is 24.5 Å². The number of aromatic nitrogens is 1. The van der Waals surface area contributed by atoms with E-state index in [4.69, 9.17) is 0 Å². The zero-order valence-corrected chi connectivity index (χ0v) is 10.7. The lowest BCUT2D eigenvalue weighted by atomic mass is 10.0. The molecule has 7 heteroatoms. The Balaban J connectivity index is 3.05. The van der Waals surface area contributed by atoms with Crippen LogP contribution in [0.4, 0.5) is 5.82 Å². The number of hydrogen-bond acceptors (Lipinski definition) is 6. The lowest BCUT2D eigenvalue weighted by Gasteiger charge is -2.07. The third-order valence-corrected chi connectivity index (χ3v) is 2.99. The van der Waals surface area contributed by atoms with Gasteiger partial charge in [0.05, 0.1) is 16.8 Å². The molecule has 0 unspecified atom stereocenters. The second kappa shape index (κ2) is 4.61. The van der Waals surface area contributed by atoms with E-state index in [-0.39, 0.29) is 33.8 Å². The van der Waals surface area contributed by atoms with Crippen LogP contribution < -0.4 is 5.32 Å². The highest BCUT2D eigenvalue weighted by Gasteiger charge is 2.36. The molecule has 1 aliphatic heterocycles. The Morgan fingerprint density at radius 1 is 0.950 bits per heavy atom. The Hall–Kier alpha value is -3.55. The number of hydrogen-bond donors (Lipinski definition) is 1. The number of rotatable bonds is 1. The summed E-state index contributed by atoms with van der Waals surface area (Å²) in [7, 11) is 3.07. The minimum Gasteiger partial charge on any atom is -0.373 e. The molecule has 1 aromatic heterocycles. The van der Waals surface area contributed by atoms with Gasteiger partial charge in [-0.2, -0.15) is 21.0 Å². The largest absolute Gasteiger partial charge is 0.373 e. The molecule has 20 heavy (non-hydrogen) atoms. The van der Waals surface area contributed by atoms with Crippen LogP contribution in [0.5, 0.6) is 0 Å². The molecule has 0 saturated carbocycles. The summed E-state index contributed by atoms with van der Waals surface area (Å²) in [4.78, 5) is 4.00. The van der Waals surface area contributed by atoms with E-state index in [1.807, 2.05) is 24.3 Å². The third-order valence-electron chi connectivity index (χ3n) is 2.99. The van der Waals surface area contributed by atoms with Crippen molar-refractivity contribution in [3.63, 3.8) is 0 Å². The van der Waals surface area contributed by atoms with Crippen molar-refractivity contribution >= 4 is 17.2 Å². The van der Waals surface area contributed by atoms with Gasteiger partial charge in [-0.25, -0.2) is 0 Å². The highest BCUT2D eigenvalue weighted by molar-refractivity contribution is 6.19. The Kier molecular flexibility index (Phi) is 2.97. The van der Waals surface area contributed by atoms with Gasteiger partial charge >= 0.3 is 0 Å². The smallest absolute Gasteiger partial charge is 0.153 e. The Labute approximate surface area is 114 Å². The highest BCUT2D eigenvalue weighted by atomic mass is 15.2. The number of fused-ring (bicyclic) bond motifs is 1. The molecular weight excluding hydrogens is 254 g/mol. The van der Waals surface area contributed by atoms with Crippen LogP contribution in [-0.2, 0) is 0 Å². The number of aliphatic imine (C=N–C) groups is 1. The monoisotopic (exact) mass is 261 g/mol. The zero-order valence-electron chi connectivity index (χ0n) is 10.7. The first kappa shape index (κ1) is 12.9. The van der Waals surface area contributed by atoms with E-state index >= 15 is 0 Å². The molecule has 1 aliphatic rings. The van der Waals surface area contributed by atoms with Crippen molar-refractivity contribution in [2.24, 2.45) is 4.99 Å². The lowest BCUT2D eigenvalue weighted by molar-refractivity contribution is 1.13. The van der Waals surface area contributed by atoms with Crippen molar-refractivity contribution in [2.75, 3.05) is 19.4 Å². The minimum absolute atomic E-state index is 0.0580. The van der Waals surface area contributed by atoms with Gasteiger partial charge < -0.3 is 5.32 Å². The van der Waals surface area contributed by atoms with Crippen molar-refractivity contribution < 1.29 is 0 Å². The molecule has 0 atom stereocenters. The third kappa shape index (κ3) is 1.32. The molecule has 0 fully saturated rings. The first-order valence-electron chi connectivity index (χ1n) is 5.49. The van der Waals surface area contributed by atoms with E-state index in [0.29, 0.717) is 5.82 Å². The van der Waals surface area contributed by atoms with Crippen molar-refractivity contribution in [2.45, 2.75) is 0 Å². The molecule has 0 radical (unpaired) electrons. The molecular formula is C13H7N7. The first-order chi connectivity index (χ1) is 9.69. The summed E-state index contributed by atoms with van der Waals surface area (Å²) in [6.07, 6.45) is 0. The average Bonchev–Trinajstić information content (AvgIpc) is 2.96. The van der Waals surface area contributed by atoms with E-state index in [2.05, 4.69) is 10.3 Å². The quantitative estimate of drug-likeness (QED) is 0.806. The average molecular weight is 261 g/mol. The summed E-state index contributed by atoms with van der Waals surface area (Å²) in [6.45, 7) is 0. The molecule has 0 spiro atoms. The van der Waals surface area contributed by atoms with Gasteiger partial charge in [0.25, 0.3) is 0 Å². The molecule has 0 aliphatic carbocycles. The topological polar surface area (TPSA) is 124 Å². The van der Waals surface area contributed by atoms with Gasteiger partial charge in [-0.1, -0.05) is 0 Å².